The lowest BCUT2D eigenvalue weighted by atomic mass is 9.45. The Bertz CT molecular complexity index is 569. The first-order valence-corrected chi connectivity index (χ1v) is 12.7. The molecule has 3 aliphatic carbocycles. The molecule has 126 valence electrons. The third-order valence-electron chi connectivity index (χ3n) is 6.03. The molecule has 1 N–H and O–H groups in total. The van der Waals surface area contributed by atoms with Gasteiger partial charge in [-0.3, -0.25) is 4.99 Å². The van der Waals surface area contributed by atoms with Gasteiger partial charge in [0.2, 0.25) is 0 Å². The van der Waals surface area contributed by atoms with E-state index in [9.17, 15) is 0 Å². The van der Waals surface area contributed by atoms with Crippen molar-refractivity contribution in [2.24, 2.45) is 28.2 Å². The average molecular weight is 329 g/mol. The average Bonchev–Trinajstić information content (AvgIpc) is 2.51. The minimum atomic E-state index is -1.41. The van der Waals surface area contributed by atoms with Gasteiger partial charge in [-0.2, -0.15) is 0 Å². The lowest BCUT2D eigenvalue weighted by Crippen LogP contribution is -2.53. The van der Waals surface area contributed by atoms with Gasteiger partial charge >= 0.3 is 0 Å². The molecule has 3 fully saturated rings. The summed E-state index contributed by atoms with van der Waals surface area (Å²) < 4.78 is 0. The minimum absolute atomic E-state index is 0.553. The number of hydrogen-bond acceptors (Lipinski definition) is 1. The van der Waals surface area contributed by atoms with Crippen molar-refractivity contribution in [2.45, 2.75) is 52.8 Å². The molecular formula is C20H32N2Si. The SMILES string of the molecule is CC1(C)[C@H]2CC[C@@H](CN=C(N[Si](C)(C)C)c3ccccc3)[C@@H]1C2. The van der Waals surface area contributed by atoms with E-state index in [0.717, 1.165) is 30.1 Å². The first-order chi connectivity index (χ1) is 10.8. The second-order valence-corrected chi connectivity index (χ2v) is 13.9. The van der Waals surface area contributed by atoms with Gasteiger partial charge in [-0.25, -0.2) is 0 Å². The van der Waals surface area contributed by atoms with Crippen molar-refractivity contribution in [3.8, 4) is 0 Å². The molecule has 0 radical (unpaired) electrons. The smallest absolute Gasteiger partial charge is 0.145 e. The summed E-state index contributed by atoms with van der Waals surface area (Å²) in [6.07, 6.45) is 4.22. The molecule has 0 spiro atoms. The van der Waals surface area contributed by atoms with Gasteiger partial charge in [0.25, 0.3) is 0 Å². The van der Waals surface area contributed by atoms with Crippen molar-refractivity contribution in [1.29, 1.82) is 0 Å². The van der Waals surface area contributed by atoms with E-state index < -0.39 is 8.24 Å². The van der Waals surface area contributed by atoms with Gasteiger partial charge in [0.05, 0.1) is 0 Å². The van der Waals surface area contributed by atoms with Crippen LogP contribution in [0.2, 0.25) is 19.6 Å². The van der Waals surface area contributed by atoms with Crippen LogP contribution >= 0.6 is 0 Å². The summed E-state index contributed by atoms with van der Waals surface area (Å²) in [7, 11) is -1.41. The first-order valence-electron chi connectivity index (χ1n) is 9.15. The van der Waals surface area contributed by atoms with Gasteiger partial charge < -0.3 is 4.98 Å². The van der Waals surface area contributed by atoms with Crippen molar-refractivity contribution in [1.82, 2.24) is 4.98 Å². The van der Waals surface area contributed by atoms with Crippen LogP contribution in [0.3, 0.4) is 0 Å². The molecule has 3 heteroatoms. The summed E-state index contributed by atoms with van der Waals surface area (Å²) in [5.74, 6) is 3.75. The molecule has 1 aromatic rings. The highest BCUT2D eigenvalue weighted by molar-refractivity contribution is 6.76. The maximum absolute atomic E-state index is 5.08. The van der Waals surface area contributed by atoms with Crippen LogP contribution in [0.15, 0.2) is 35.3 Å². The fraction of sp³-hybridized carbons (Fsp3) is 0.650. The second-order valence-electron chi connectivity index (χ2n) is 9.13. The number of fused-ring (bicyclic) bond motifs is 2. The van der Waals surface area contributed by atoms with Gasteiger partial charge in [0.15, 0.2) is 0 Å². The molecule has 3 saturated carbocycles. The second kappa shape index (κ2) is 6.08. The quantitative estimate of drug-likeness (QED) is 0.473. The highest BCUT2D eigenvalue weighted by Gasteiger charge is 2.53. The molecule has 4 rings (SSSR count). The summed E-state index contributed by atoms with van der Waals surface area (Å²) in [4.78, 5) is 8.83. The molecular weight excluding hydrogens is 296 g/mol. The molecule has 0 aliphatic heterocycles. The number of aliphatic imine (C=N–C) groups is 1. The minimum Gasteiger partial charge on any atom is -0.396 e. The van der Waals surface area contributed by atoms with E-state index in [1.165, 1.54) is 24.8 Å². The van der Waals surface area contributed by atoms with Crippen molar-refractivity contribution in [3.05, 3.63) is 35.9 Å². The van der Waals surface area contributed by atoms with Crippen LogP contribution in [0.1, 0.15) is 38.7 Å². The number of benzene rings is 1. The summed E-state index contributed by atoms with van der Waals surface area (Å²) in [6.45, 7) is 13.0. The van der Waals surface area contributed by atoms with E-state index in [1.54, 1.807) is 0 Å². The zero-order chi connectivity index (χ0) is 16.7. The lowest BCUT2D eigenvalue weighted by molar-refractivity contribution is -0.101. The van der Waals surface area contributed by atoms with E-state index in [4.69, 9.17) is 4.99 Å². The maximum Gasteiger partial charge on any atom is 0.145 e. The Morgan fingerprint density at radius 1 is 1.17 bits per heavy atom. The monoisotopic (exact) mass is 328 g/mol. The third-order valence-corrected chi connectivity index (χ3v) is 7.01. The zero-order valence-corrected chi connectivity index (χ0v) is 16.4. The van der Waals surface area contributed by atoms with Gasteiger partial charge in [0, 0.05) is 12.1 Å². The van der Waals surface area contributed by atoms with Crippen LogP contribution in [-0.2, 0) is 0 Å². The van der Waals surface area contributed by atoms with Crippen LogP contribution in [0.4, 0.5) is 0 Å². The molecule has 0 heterocycles. The topological polar surface area (TPSA) is 24.4 Å². The predicted molar refractivity (Wildman–Crippen MR) is 102 cm³/mol. The van der Waals surface area contributed by atoms with Crippen molar-refractivity contribution in [2.75, 3.05) is 6.54 Å². The van der Waals surface area contributed by atoms with Crippen LogP contribution in [0.25, 0.3) is 0 Å². The van der Waals surface area contributed by atoms with E-state index >= 15 is 0 Å². The van der Waals surface area contributed by atoms with E-state index in [-0.39, 0.29) is 0 Å². The summed E-state index contributed by atoms with van der Waals surface area (Å²) in [6, 6.07) is 10.6. The van der Waals surface area contributed by atoms with E-state index in [1.807, 2.05) is 0 Å². The number of nitrogens with zero attached hydrogens (tertiary/aromatic N) is 1. The molecule has 3 atom stereocenters. The zero-order valence-electron chi connectivity index (χ0n) is 15.4. The van der Waals surface area contributed by atoms with Gasteiger partial charge in [-0.05, 0) is 42.4 Å². The Labute approximate surface area is 142 Å². The van der Waals surface area contributed by atoms with Gasteiger partial charge in [-0.15, -0.1) is 0 Å². The molecule has 3 aliphatic rings. The van der Waals surface area contributed by atoms with Crippen molar-refractivity contribution < 1.29 is 0 Å². The van der Waals surface area contributed by atoms with Crippen molar-refractivity contribution >= 4 is 14.1 Å². The largest absolute Gasteiger partial charge is 0.396 e. The molecule has 0 saturated heterocycles. The molecule has 2 nitrogen and oxygen atoms in total. The fourth-order valence-corrected chi connectivity index (χ4v) is 5.48. The number of rotatable bonds is 4. The Hall–Kier alpha value is -1.09. The fourth-order valence-electron chi connectivity index (χ4n) is 4.54. The summed E-state index contributed by atoms with van der Waals surface area (Å²) in [5.41, 5.74) is 1.79. The molecule has 1 aromatic carbocycles. The Kier molecular flexibility index (Phi) is 4.43. The molecule has 0 unspecified atom stereocenters. The third kappa shape index (κ3) is 3.55. The highest BCUT2D eigenvalue weighted by Crippen LogP contribution is 2.61. The summed E-state index contributed by atoms with van der Waals surface area (Å²) in [5, 5.41) is 0. The Balaban J connectivity index is 1.76. The highest BCUT2D eigenvalue weighted by atomic mass is 28.3. The Morgan fingerprint density at radius 2 is 1.87 bits per heavy atom. The van der Waals surface area contributed by atoms with Crippen LogP contribution < -0.4 is 4.98 Å². The first kappa shape index (κ1) is 16.8. The van der Waals surface area contributed by atoms with E-state index in [0.29, 0.717) is 5.41 Å². The predicted octanol–water partition coefficient (Wildman–Crippen LogP) is 4.93. The molecule has 0 amide bonds. The maximum atomic E-state index is 5.08. The van der Waals surface area contributed by atoms with E-state index in [2.05, 4.69) is 68.8 Å². The van der Waals surface area contributed by atoms with Crippen molar-refractivity contribution in [3.63, 3.8) is 0 Å². The van der Waals surface area contributed by atoms with Crippen LogP contribution in [-0.4, -0.2) is 20.6 Å². The lowest BCUT2D eigenvalue weighted by Gasteiger charge is -2.60. The Morgan fingerprint density at radius 3 is 2.43 bits per heavy atom. The number of nitrogens with one attached hydrogen (secondary N) is 1. The van der Waals surface area contributed by atoms with Gasteiger partial charge in [-0.1, -0.05) is 63.8 Å². The number of hydrogen-bond donors (Lipinski definition) is 1. The van der Waals surface area contributed by atoms with Crippen LogP contribution in [0.5, 0.6) is 0 Å². The molecule has 23 heavy (non-hydrogen) atoms. The standard InChI is InChI=1S/C20H32N2Si/c1-20(2)17-12-11-16(18(20)13-17)14-21-19(22-23(3,4)5)15-9-7-6-8-10-15/h6-10,16-18H,11-14H2,1-5H3,(H,21,22)/t16-,17-,18-/m0/s1. The molecule has 2 bridgehead atoms. The number of amidine groups is 1. The van der Waals surface area contributed by atoms with Gasteiger partial charge in [0.1, 0.15) is 14.1 Å². The summed E-state index contributed by atoms with van der Waals surface area (Å²) >= 11 is 0. The van der Waals surface area contributed by atoms with Crippen LogP contribution in [0, 0.1) is 23.2 Å². The molecule has 0 aromatic heterocycles. The normalized spacial score (nSPS) is 29.8.